The molecule has 0 aliphatic carbocycles. The molecule has 0 saturated carbocycles. The summed E-state index contributed by atoms with van der Waals surface area (Å²) in [5.74, 6) is -0.317. The second kappa shape index (κ2) is 8.58. The molecular weight excluding hydrogens is 322 g/mol. The van der Waals surface area contributed by atoms with E-state index in [0.29, 0.717) is 23.4 Å². The number of non-ortho nitro benzene ring substituents is 1. The highest BCUT2D eigenvalue weighted by Gasteiger charge is 2.08. The van der Waals surface area contributed by atoms with Crippen molar-refractivity contribution in [2.75, 3.05) is 10.6 Å². The number of benzene rings is 2. The van der Waals surface area contributed by atoms with E-state index in [4.69, 9.17) is 0 Å². The Morgan fingerprint density at radius 3 is 2.16 bits per heavy atom. The fourth-order valence-corrected chi connectivity index (χ4v) is 2.25. The second-order valence-corrected chi connectivity index (χ2v) is 5.53. The molecule has 0 bridgehead atoms. The van der Waals surface area contributed by atoms with Crippen LogP contribution in [0.3, 0.4) is 0 Å². The van der Waals surface area contributed by atoms with Crippen LogP contribution in [0.2, 0.25) is 0 Å². The average molecular weight is 341 g/mol. The Kier molecular flexibility index (Phi) is 6.22. The fraction of sp³-hybridized carbons (Fsp3) is 0.222. The largest absolute Gasteiger partial charge is 0.326 e. The number of carbonyl (C=O) groups excluding carboxylic acids is 2. The molecule has 25 heavy (non-hydrogen) atoms. The summed E-state index contributed by atoms with van der Waals surface area (Å²) < 4.78 is 0. The van der Waals surface area contributed by atoms with Crippen molar-refractivity contribution in [3.63, 3.8) is 0 Å². The minimum Gasteiger partial charge on any atom is -0.326 e. The number of amides is 2. The van der Waals surface area contributed by atoms with E-state index in [2.05, 4.69) is 10.6 Å². The Balaban J connectivity index is 1.95. The van der Waals surface area contributed by atoms with Gasteiger partial charge in [-0.25, -0.2) is 0 Å². The van der Waals surface area contributed by atoms with E-state index in [-0.39, 0.29) is 23.9 Å². The summed E-state index contributed by atoms with van der Waals surface area (Å²) >= 11 is 0. The second-order valence-electron chi connectivity index (χ2n) is 5.53. The number of hydrogen-bond donors (Lipinski definition) is 2. The quantitative estimate of drug-likeness (QED) is 0.594. The van der Waals surface area contributed by atoms with Crippen LogP contribution in [-0.2, 0) is 16.0 Å². The number of nitrogens with zero attached hydrogens (tertiary/aromatic N) is 1. The molecule has 0 radical (unpaired) electrons. The first kappa shape index (κ1) is 18.1. The molecule has 0 spiro atoms. The molecule has 0 aliphatic rings. The van der Waals surface area contributed by atoms with Crippen LogP contribution in [0.1, 0.15) is 25.3 Å². The number of rotatable bonds is 7. The molecular formula is C18H19N3O4. The smallest absolute Gasteiger partial charge is 0.269 e. The first-order valence-electron chi connectivity index (χ1n) is 7.91. The highest BCUT2D eigenvalue weighted by atomic mass is 16.6. The van der Waals surface area contributed by atoms with Crippen molar-refractivity contribution in [2.45, 2.75) is 26.2 Å². The van der Waals surface area contributed by atoms with E-state index in [1.54, 1.807) is 36.4 Å². The summed E-state index contributed by atoms with van der Waals surface area (Å²) in [7, 11) is 0. The lowest BCUT2D eigenvalue weighted by Crippen LogP contribution is -2.15. The predicted octanol–water partition coefficient (Wildman–Crippen LogP) is 3.51. The Hall–Kier alpha value is -3.22. The van der Waals surface area contributed by atoms with Crippen molar-refractivity contribution >= 4 is 28.9 Å². The maximum atomic E-state index is 12.1. The van der Waals surface area contributed by atoms with Crippen LogP contribution in [0.15, 0.2) is 48.5 Å². The van der Waals surface area contributed by atoms with Gasteiger partial charge in [0.25, 0.3) is 5.69 Å². The summed E-state index contributed by atoms with van der Waals surface area (Å²) in [6.07, 6.45) is 1.30. The van der Waals surface area contributed by atoms with Crippen molar-refractivity contribution in [3.8, 4) is 0 Å². The molecule has 7 heteroatoms. The molecule has 7 nitrogen and oxygen atoms in total. The van der Waals surface area contributed by atoms with Crippen molar-refractivity contribution in [3.05, 3.63) is 64.2 Å². The van der Waals surface area contributed by atoms with Crippen molar-refractivity contribution in [1.29, 1.82) is 0 Å². The third-order valence-corrected chi connectivity index (χ3v) is 3.42. The molecule has 2 aromatic rings. The monoisotopic (exact) mass is 341 g/mol. The highest BCUT2D eigenvalue weighted by Crippen LogP contribution is 2.17. The van der Waals surface area contributed by atoms with E-state index in [0.717, 1.165) is 6.42 Å². The van der Waals surface area contributed by atoms with E-state index in [1.165, 1.54) is 12.1 Å². The van der Waals surface area contributed by atoms with Gasteiger partial charge in [0, 0.05) is 29.9 Å². The number of carbonyl (C=O) groups is 2. The van der Waals surface area contributed by atoms with Gasteiger partial charge >= 0.3 is 0 Å². The number of nitro groups is 1. The molecule has 0 aromatic heterocycles. The number of nitro benzene ring substituents is 1. The normalized spacial score (nSPS) is 10.1. The fourth-order valence-electron chi connectivity index (χ4n) is 2.25. The zero-order chi connectivity index (χ0) is 18.2. The molecule has 0 saturated heterocycles. The summed E-state index contributed by atoms with van der Waals surface area (Å²) in [5, 5.41) is 16.1. The van der Waals surface area contributed by atoms with E-state index >= 15 is 0 Å². The summed E-state index contributed by atoms with van der Waals surface area (Å²) in [5.41, 5.74) is 1.85. The van der Waals surface area contributed by atoms with Crippen LogP contribution in [-0.4, -0.2) is 16.7 Å². The molecule has 0 heterocycles. The Morgan fingerprint density at radius 2 is 1.60 bits per heavy atom. The van der Waals surface area contributed by atoms with E-state index in [9.17, 15) is 19.7 Å². The van der Waals surface area contributed by atoms with Crippen LogP contribution < -0.4 is 10.6 Å². The molecule has 0 atom stereocenters. The molecule has 0 aliphatic heterocycles. The van der Waals surface area contributed by atoms with E-state index < -0.39 is 4.92 Å². The average Bonchev–Trinajstić information content (AvgIpc) is 2.55. The molecule has 2 aromatic carbocycles. The van der Waals surface area contributed by atoms with Gasteiger partial charge < -0.3 is 10.6 Å². The number of nitrogens with one attached hydrogen (secondary N) is 2. The van der Waals surface area contributed by atoms with Crippen LogP contribution >= 0.6 is 0 Å². The maximum absolute atomic E-state index is 12.1. The lowest BCUT2D eigenvalue weighted by Gasteiger charge is -2.09. The zero-order valence-corrected chi connectivity index (χ0v) is 13.8. The summed E-state index contributed by atoms with van der Waals surface area (Å²) in [6.45, 7) is 1.93. The molecule has 0 fully saturated rings. The molecule has 130 valence electrons. The molecule has 2 rings (SSSR count). The van der Waals surface area contributed by atoms with Gasteiger partial charge in [0.15, 0.2) is 0 Å². The summed E-state index contributed by atoms with van der Waals surface area (Å²) in [6, 6.07) is 12.7. The Bertz CT molecular complexity index is 772. The van der Waals surface area contributed by atoms with Crippen molar-refractivity contribution < 1.29 is 14.5 Å². The van der Waals surface area contributed by atoms with Gasteiger partial charge in [-0.1, -0.05) is 25.1 Å². The van der Waals surface area contributed by atoms with Crippen molar-refractivity contribution in [1.82, 2.24) is 0 Å². The SMILES string of the molecule is CCCC(=O)Nc1cccc(NC(=O)Cc2ccc([N+](=O)[O-])cc2)c1. The molecule has 0 unspecified atom stereocenters. The minimum absolute atomic E-state index is 0.0142. The topological polar surface area (TPSA) is 101 Å². The van der Waals surface area contributed by atoms with Gasteiger partial charge in [0.05, 0.1) is 11.3 Å². The minimum atomic E-state index is -0.484. The highest BCUT2D eigenvalue weighted by molar-refractivity contribution is 5.94. The lowest BCUT2D eigenvalue weighted by atomic mass is 10.1. The van der Waals surface area contributed by atoms with Crippen LogP contribution in [0.25, 0.3) is 0 Å². The van der Waals surface area contributed by atoms with Crippen LogP contribution in [0.4, 0.5) is 17.1 Å². The number of hydrogen-bond acceptors (Lipinski definition) is 4. The van der Waals surface area contributed by atoms with Gasteiger partial charge in [-0.2, -0.15) is 0 Å². The predicted molar refractivity (Wildman–Crippen MR) is 95.4 cm³/mol. The third kappa shape index (κ3) is 5.72. The van der Waals surface area contributed by atoms with Gasteiger partial charge in [0.2, 0.25) is 11.8 Å². The standard InChI is InChI=1S/C18H19N3O4/c1-2-4-17(22)19-14-5-3-6-15(12-14)20-18(23)11-13-7-9-16(10-8-13)21(24)25/h3,5-10,12H,2,4,11H2,1H3,(H,19,22)(H,20,23). The zero-order valence-electron chi connectivity index (χ0n) is 13.8. The first-order chi connectivity index (χ1) is 12.0. The Morgan fingerprint density at radius 1 is 1.00 bits per heavy atom. The van der Waals surface area contributed by atoms with Crippen LogP contribution in [0, 0.1) is 10.1 Å². The first-order valence-corrected chi connectivity index (χ1v) is 7.91. The van der Waals surface area contributed by atoms with Gasteiger partial charge in [-0.05, 0) is 30.2 Å². The maximum Gasteiger partial charge on any atom is 0.269 e. The van der Waals surface area contributed by atoms with E-state index in [1.807, 2.05) is 6.92 Å². The number of anilines is 2. The van der Waals surface area contributed by atoms with Gasteiger partial charge in [-0.3, -0.25) is 19.7 Å². The lowest BCUT2D eigenvalue weighted by molar-refractivity contribution is -0.384. The van der Waals surface area contributed by atoms with Gasteiger partial charge in [0.1, 0.15) is 0 Å². The van der Waals surface area contributed by atoms with Crippen molar-refractivity contribution in [2.24, 2.45) is 0 Å². The molecule has 2 amide bonds. The third-order valence-electron chi connectivity index (χ3n) is 3.42. The summed E-state index contributed by atoms with van der Waals surface area (Å²) in [4.78, 5) is 33.9. The van der Waals surface area contributed by atoms with Crippen LogP contribution in [0.5, 0.6) is 0 Å². The molecule has 2 N–H and O–H groups in total. The Labute approximate surface area is 145 Å². The van der Waals surface area contributed by atoms with Gasteiger partial charge in [-0.15, -0.1) is 0 Å².